The van der Waals surface area contributed by atoms with Gasteiger partial charge in [0.15, 0.2) is 5.76 Å². The van der Waals surface area contributed by atoms with Crippen molar-refractivity contribution in [2.75, 3.05) is 14.1 Å². The first kappa shape index (κ1) is 23.4. The summed E-state index contributed by atoms with van der Waals surface area (Å²) < 4.78 is 0. The number of ketones is 1. The lowest BCUT2D eigenvalue weighted by Crippen LogP contribution is -2.53. The molecule has 0 aromatic heterocycles. The summed E-state index contributed by atoms with van der Waals surface area (Å²) in [7, 11) is 3.75. The fourth-order valence-electron chi connectivity index (χ4n) is 8.06. The average molecular weight is 462 g/mol. The summed E-state index contributed by atoms with van der Waals surface area (Å²) in [6, 6.07) is 0. The Balaban J connectivity index is 1.61. The molecular weight excluding hydrogens is 422 g/mol. The molecule has 182 valence electrons. The van der Waals surface area contributed by atoms with E-state index in [4.69, 9.17) is 0 Å². The van der Waals surface area contributed by atoms with E-state index in [0.717, 1.165) is 49.7 Å². The summed E-state index contributed by atoms with van der Waals surface area (Å²) in [4.78, 5) is 27.5. The molecule has 0 bridgehead atoms. The molecule has 0 aliphatic heterocycles. The van der Waals surface area contributed by atoms with Crippen LogP contribution in [0.3, 0.4) is 0 Å². The molecule has 0 unspecified atom stereocenters. The van der Waals surface area contributed by atoms with Crippen LogP contribution in [-0.4, -0.2) is 35.8 Å². The predicted octanol–water partition coefficient (Wildman–Crippen LogP) is 6.23. The Bertz CT molecular complexity index is 1160. The van der Waals surface area contributed by atoms with Crippen molar-refractivity contribution in [1.29, 1.82) is 0 Å². The van der Waals surface area contributed by atoms with Crippen molar-refractivity contribution in [2.45, 2.75) is 73.1 Å². The second-order valence-corrected chi connectivity index (χ2v) is 12.8. The summed E-state index contributed by atoms with van der Waals surface area (Å²) in [5.41, 5.74) is 5.19. The van der Waals surface area contributed by atoms with Gasteiger partial charge in [0, 0.05) is 35.9 Å². The molecule has 4 heteroatoms. The SMILES string of the molecule is CC1=C(O)C(=O)C=C2C1=CC=C1[C@@]2(C)CC=C2[C@@H]3C[C@](C)(C(=O)N(C)C)CC[C@]3(C)CC[C@@]21C. The van der Waals surface area contributed by atoms with Crippen molar-refractivity contribution >= 4 is 11.7 Å². The first-order valence-electron chi connectivity index (χ1n) is 12.8. The van der Waals surface area contributed by atoms with Gasteiger partial charge in [0.1, 0.15) is 0 Å². The van der Waals surface area contributed by atoms with Crippen LogP contribution in [0.25, 0.3) is 0 Å². The predicted molar refractivity (Wildman–Crippen MR) is 135 cm³/mol. The second-order valence-electron chi connectivity index (χ2n) is 12.8. The number of amides is 1. The maximum atomic E-state index is 13.2. The summed E-state index contributed by atoms with van der Waals surface area (Å²) in [5, 5.41) is 10.3. The van der Waals surface area contributed by atoms with Crippen molar-refractivity contribution < 1.29 is 14.7 Å². The Kier molecular flexibility index (Phi) is 4.87. The first-order chi connectivity index (χ1) is 15.8. The third kappa shape index (κ3) is 2.90. The molecule has 5 aliphatic rings. The number of nitrogens with zero attached hydrogens (tertiary/aromatic N) is 1. The smallest absolute Gasteiger partial charge is 0.228 e. The fraction of sp³-hybridized carbons (Fsp3) is 0.600. The van der Waals surface area contributed by atoms with E-state index in [1.807, 2.05) is 21.0 Å². The van der Waals surface area contributed by atoms with Crippen LogP contribution >= 0.6 is 0 Å². The number of fused-ring (bicyclic) bond motifs is 7. The molecule has 1 N–H and O–H groups in total. The Morgan fingerprint density at radius 1 is 1.03 bits per heavy atom. The zero-order chi connectivity index (χ0) is 24.8. The molecule has 4 nitrogen and oxygen atoms in total. The van der Waals surface area contributed by atoms with E-state index in [9.17, 15) is 14.7 Å². The maximum absolute atomic E-state index is 13.2. The molecule has 0 aromatic carbocycles. The Labute approximate surface area is 204 Å². The number of carbonyl (C=O) groups is 2. The van der Waals surface area contributed by atoms with E-state index in [-0.39, 0.29) is 39.1 Å². The third-order valence-electron chi connectivity index (χ3n) is 10.4. The quantitative estimate of drug-likeness (QED) is 0.471. The van der Waals surface area contributed by atoms with Gasteiger partial charge in [-0.1, -0.05) is 51.5 Å². The summed E-state index contributed by atoms with van der Waals surface area (Å²) in [5.74, 6) is 0.223. The molecule has 34 heavy (non-hydrogen) atoms. The number of hydrogen-bond acceptors (Lipinski definition) is 3. The minimum absolute atomic E-state index is 0.0837. The van der Waals surface area contributed by atoms with E-state index in [1.165, 1.54) is 11.1 Å². The van der Waals surface area contributed by atoms with Gasteiger partial charge in [-0.2, -0.15) is 0 Å². The molecule has 5 aliphatic carbocycles. The van der Waals surface area contributed by atoms with Crippen molar-refractivity contribution in [3.8, 4) is 0 Å². The number of rotatable bonds is 1. The van der Waals surface area contributed by atoms with E-state index < -0.39 is 0 Å². The second kappa shape index (κ2) is 7.08. The van der Waals surface area contributed by atoms with Gasteiger partial charge < -0.3 is 10.0 Å². The average Bonchev–Trinajstić information content (AvgIpc) is 2.78. The standard InChI is InChI=1S/C30H39NO3/c1-18-19-8-9-24-29(4,21(19)16-23(32)25(18)33)11-10-20-22-17-28(3,26(34)31(6)7)13-12-27(22,2)14-15-30(20,24)5/h8-10,16,22,33H,11-15,17H2,1-7H3/t22-,27+,28+,29-,30-/m0/s1. The van der Waals surface area contributed by atoms with Gasteiger partial charge in [-0.05, 0) is 79.6 Å². The minimum atomic E-state index is -0.320. The van der Waals surface area contributed by atoms with Crippen LogP contribution in [0, 0.1) is 27.6 Å². The number of aliphatic hydroxyl groups excluding tert-OH is 1. The summed E-state index contributed by atoms with van der Waals surface area (Å²) >= 11 is 0. The normalized spacial score (nSPS) is 41.1. The van der Waals surface area contributed by atoms with Crippen LogP contribution in [0.15, 0.2) is 57.9 Å². The molecule has 0 radical (unpaired) electrons. The highest BCUT2D eigenvalue weighted by Gasteiger charge is 2.59. The molecule has 5 rings (SSSR count). The zero-order valence-electron chi connectivity index (χ0n) is 21.8. The van der Waals surface area contributed by atoms with Gasteiger partial charge >= 0.3 is 0 Å². The largest absolute Gasteiger partial charge is 0.504 e. The van der Waals surface area contributed by atoms with Crippen LogP contribution in [-0.2, 0) is 9.59 Å². The number of allylic oxidation sites excluding steroid dienone is 9. The molecule has 0 aromatic rings. The first-order valence-corrected chi connectivity index (χ1v) is 12.8. The van der Waals surface area contributed by atoms with Crippen molar-refractivity contribution in [3.63, 3.8) is 0 Å². The van der Waals surface area contributed by atoms with Crippen LogP contribution in [0.4, 0.5) is 0 Å². The lowest BCUT2D eigenvalue weighted by molar-refractivity contribution is -0.144. The third-order valence-corrected chi connectivity index (χ3v) is 10.4. The van der Waals surface area contributed by atoms with Gasteiger partial charge in [-0.25, -0.2) is 0 Å². The highest BCUT2D eigenvalue weighted by atomic mass is 16.3. The Morgan fingerprint density at radius 2 is 1.71 bits per heavy atom. The monoisotopic (exact) mass is 461 g/mol. The zero-order valence-corrected chi connectivity index (χ0v) is 21.8. The summed E-state index contributed by atoms with van der Waals surface area (Å²) in [6.07, 6.45) is 14.6. The topological polar surface area (TPSA) is 57.6 Å². The van der Waals surface area contributed by atoms with Gasteiger partial charge in [-0.15, -0.1) is 0 Å². The number of carbonyl (C=O) groups excluding carboxylic acids is 2. The van der Waals surface area contributed by atoms with E-state index in [2.05, 4.69) is 45.9 Å². The molecule has 0 spiro atoms. The molecule has 1 amide bonds. The molecule has 2 fully saturated rings. The molecular formula is C30H39NO3. The highest BCUT2D eigenvalue weighted by molar-refractivity contribution is 6.06. The van der Waals surface area contributed by atoms with Crippen molar-refractivity contribution in [2.24, 2.45) is 27.6 Å². The van der Waals surface area contributed by atoms with Crippen LogP contribution < -0.4 is 0 Å². The Hall–Kier alpha value is -2.36. The summed E-state index contributed by atoms with van der Waals surface area (Å²) in [6.45, 7) is 11.1. The van der Waals surface area contributed by atoms with E-state index in [0.29, 0.717) is 11.5 Å². The fourth-order valence-corrected chi connectivity index (χ4v) is 8.06. The lowest BCUT2D eigenvalue weighted by atomic mass is 9.43. The Morgan fingerprint density at radius 3 is 2.38 bits per heavy atom. The van der Waals surface area contributed by atoms with Crippen molar-refractivity contribution in [3.05, 3.63) is 57.9 Å². The highest BCUT2D eigenvalue weighted by Crippen LogP contribution is 2.69. The maximum Gasteiger partial charge on any atom is 0.228 e. The van der Waals surface area contributed by atoms with Crippen LogP contribution in [0.2, 0.25) is 0 Å². The lowest BCUT2D eigenvalue weighted by Gasteiger charge is -2.61. The molecule has 0 saturated heterocycles. The minimum Gasteiger partial charge on any atom is -0.504 e. The van der Waals surface area contributed by atoms with Gasteiger partial charge in [0.25, 0.3) is 0 Å². The van der Waals surface area contributed by atoms with Gasteiger partial charge in [0.2, 0.25) is 11.7 Å². The molecule has 2 saturated carbocycles. The number of aliphatic hydroxyl groups is 1. The van der Waals surface area contributed by atoms with Gasteiger partial charge in [-0.3, -0.25) is 9.59 Å². The molecule has 0 heterocycles. The van der Waals surface area contributed by atoms with Crippen molar-refractivity contribution in [1.82, 2.24) is 4.90 Å². The van der Waals surface area contributed by atoms with Gasteiger partial charge in [0.05, 0.1) is 0 Å². The number of hydrogen-bond donors (Lipinski definition) is 1. The van der Waals surface area contributed by atoms with E-state index in [1.54, 1.807) is 11.0 Å². The van der Waals surface area contributed by atoms with E-state index >= 15 is 0 Å². The van der Waals surface area contributed by atoms with Crippen LogP contribution in [0.5, 0.6) is 0 Å². The van der Waals surface area contributed by atoms with Crippen LogP contribution in [0.1, 0.15) is 73.1 Å². The molecule has 5 atom stereocenters.